The molecule has 0 saturated carbocycles. The van der Waals surface area contributed by atoms with Crippen LogP contribution in [0.15, 0.2) is 46.2 Å². The largest absolute Gasteiger partial charge is 0.384 e. The number of aromatic nitrogens is 1. The van der Waals surface area contributed by atoms with Crippen LogP contribution >= 0.6 is 24.1 Å². The molecule has 0 unspecified atom stereocenters. The summed E-state index contributed by atoms with van der Waals surface area (Å²) in [7, 11) is 3.27. The summed E-state index contributed by atoms with van der Waals surface area (Å²) < 4.78 is 10.4. The molecule has 0 aliphatic rings. The van der Waals surface area contributed by atoms with Crippen molar-refractivity contribution in [1.82, 2.24) is 4.98 Å². The molecule has 5 nitrogen and oxygen atoms in total. The Hall–Kier alpha value is -2.11. The van der Waals surface area contributed by atoms with E-state index in [1.54, 1.807) is 14.2 Å². The topological polar surface area (TPSA) is 84.1 Å². The molecule has 0 amide bonds. The lowest BCUT2D eigenvalue weighted by Gasteiger charge is -2.10. The zero-order valence-electron chi connectivity index (χ0n) is 13.1. The molecule has 2 aromatic carbocycles. The Morgan fingerprint density at radius 3 is 2.58 bits per heavy atom. The number of fused-ring (bicyclic) bond motifs is 1. The first kappa shape index (κ1) is 16.7. The van der Waals surface area contributed by atoms with Crippen LogP contribution in [0.5, 0.6) is 0 Å². The second-order valence-electron chi connectivity index (χ2n) is 4.94. The Balaban J connectivity index is 2.18. The van der Waals surface area contributed by atoms with Crippen LogP contribution in [0.4, 0.5) is 5.82 Å². The van der Waals surface area contributed by atoms with Gasteiger partial charge in [0.2, 0.25) is 0 Å². The Kier molecular flexibility index (Phi) is 5.02. The highest BCUT2D eigenvalue weighted by Gasteiger charge is 2.13. The SMILES string of the molecule is COSc1ccc(SOC)c(-c2ccc3[nH]c(N)c(C#N)c3c2)c1. The molecule has 122 valence electrons. The fourth-order valence-electron chi connectivity index (χ4n) is 2.55. The van der Waals surface area contributed by atoms with Crippen molar-refractivity contribution in [1.29, 1.82) is 5.26 Å². The van der Waals surface area contributed by atoms with Gasteiger partial charge in [-0.3, -0.25) is 0 Å². The van der Waals surface area contributed by atoms with Gasteiger partial charge in [0.15, 0.2) is 0 Å². The summed E-state index contributed by atoms with van der Waals surface area (Å²) >= 11 is 2.59. The quantitative estimate of drug-likeness (QED) is 0.650. The first-order valence-electron chi connectivity index (χ1n) is 7.05. The maximum atomic E-state index is 9.33. The van der Waals surface area contributed by atoms with Gasteiger partial charge in [0.1, 0.15) is 17.5 Å². The van der Waals surface area contributed by atoms with Crippen LogP contribution in [0.1, 0.15) is 5.56 Å². The monoisotopic (exact) mass is 357 g/mol. The van der Waals surface area contributed by atoms with Crippen molar-refractivity contribution in [3.8, 4) is 17.2 Å². The number of hydrogen-bond acceptors (Lipinski definition) is 6. The maximum Gasteiger partial charge on any atom is 0.119 e. The predicted molar refractivity (Wildman–Crippen MR) is 98.6 cm³/mol. The van der Waals surface area contributed by atoms with Gasteiger partial charge in [-0.15, -0.1) is 0 Å². The normalized spacial score (nSPS) is 10.9. The average Bonchev–Trinajstić information content (AvgIpc) is 2.90. The maximum absolute atomic E-state index is 9.33. The number of nitrogens with one attached hydrogen (secondary N) is 1. The number of nitrogen functional groups attached to an aromatic ring is 1. The van der Waals surface area contributed by atoms with Gasteiger partial charge >= 0.3 is 0 Å². The molecule has 3 N–H and O–H groups in total. The summed E-state index contributed by atoms with van der Waals surface area (Å²) in [4.78, 5) is 5.00. The third-order valence-corrected chi connectivity index (χ3v) is 4.87. The van der Waals surface area contributed by atoms with Crippen LogP contribution in [0.3, 0.4) is 0 Å². The number of H-pyrrole nitrogens is 1. The van der Waals surface area contributed by atoms with Crippen molar-refractivity contribution in [2.24, 2.45) is 0 Å². The van der Waals surface area contributed by atoms with Gasteiger partial charge in [0.25, 0.3) is 0 Å². The van der Waals surface area contributed by atoms with Gasteiger partial charge < -0.3 is 19.1 Å². The Morgan fingerprint density at radius 1 is 1.08 bits per heavy atom. The molecule has 1 heterocycles. The van der Waals surface area contributed by atoms with E-state index in [1.807, 2.05) is 36.4 Å². The molecule has 0 atom stereocenters. The molecular weight excluding hydrogens is 342 g/mol. The van der Waals surface area contributed by atoms with E-state index in [-0.39, 0.29) is 0 Å². The number of hydrogen-bond donors (Lipinski definition) is 2. The molecule has 0 fully saturated rings. The van der Waals surface area contributed by atoms with E-state index in [1.165, 1.54) is 24.1 Å². The molecular formula is C17H15N3O2S2. The highest BCUT2D eigenvalue weighted by molar-refractivity contribution is 7.95. The number of nitrogens with two attached hydrogens (primary N) is 1. The first-order valence-corrected chi connectivity index (χ1v) is 8.53. The van der Waals surface area contributed by atoms with Gasteiger partial charge in [0, 0.05) is 44.8 Å². The van der Waals surface area contributed by atoms with E-state index in [2.05, 4.69) is 11.1 Å². The molecule has 0 aliphatic heterocycles. The Bertz CT molecular complexity index is 931. The van der Waals surface area contributed by atoms with Gasteiger partial charge in [-0.2, -0.15) is 5.26 Å². The van der Waals surface area contributed by atoms with Crippen LogP contribution in [0.25, 0.3) is 22.0 Å². The van der Waals surface area contributed by atoms with Gasteiger partial charge in [-0.25, -0.2) is 0 Å². The number of aromatic amines is 1. The number of nitrogens with zero attached hydrogens (tertiary/aromatic N) is 1. The second-order valence-corrected chi connectivity index (χ2v) is 6.86. The van der Waals surface area contributed by atoms with Gasteiger partial charge in [-0.1, -0.05) is 6.07 Å². The molecule has 0 saturated heterocycles. The molecule has 24 heavy (non-hydrogen) atoms. The van der Waals surface area contributed by atoms with Crippen LogP contribution in [0.2, 0.25) is 0 Å². The summed E-state index contributed by atoms with van der Waals surface area (Å²) in [5.41, 5.74) is 9.17. The zero-order valence-corrected chi connectivity index (χ0v) is 14.8. The number of nitriles is 1. The molecule has 0 spiro atoms. The average molecular weight is 357 g/mol. The Labute approximate surface area is 148 Å². The fraction of sp³-hybridized carbons (Fsp3) is 0.118. The van der Waals surface area contributed by atoms with Crippen molar-refractivity contribution in [3.63, 3.8) is 0 Å². The second kappa shape index (κ2) is 7.20. The zero-order chi connectivity index (χ0) is 17.1. The standard InChI is InChI=1S/C17H15N3O2S2/c1-21-23-11-4-6-16(24-22-2)12(8-11)10-3-5-15-13(7-10)14(9-18)17(19)20-15/h3-8,20H,19H2,1-2H3. The first-order chi connectivity index (χ1) is 11.7. The molecule has 3 aromatic rings. The molecule has 3 rings (SSSR count). The Morgan fingerprint density at radius 2 is 1.88 bits per heavy atom. The van der Waals surface area contributed by atoms with E-state index < -0.39 is 0 Å². The minimum atomic E-state index is 0.389. The highest BCUT2D eigenvalue weighted by atomic mass is 32.2. The smallest absolute Gasteiger partial charge is 0.119 e. The van der Waals surface area contributed by atoms with Crippen LogP contribution < -0.4 is 5.73 Å². The fourth-order valence-corrected chi connectivity index (χ4v) is 3.60. The third kappa shape index (κ3) is 3.09. The van der Waals surface area contributed by atoms with Crippen molar-refractivity contribution in [3.05, 3.63) is 42.0 Å². The molecule has 0 aliphatic carbocycles. The minimum absolute atomic E-state index is 0.389. The highest BCUT2D eigenvalue weighted by Crippen LogP contribution is 2.37. The summed E-state index contributed by atoms with van der Waals surface area (Å²) in [6.45, 7) is 0. The lowest BCUT2D eigenvalue weighted by molar-refractivity contribution is 0.489. The number of benzene rings is 2. The van der Waals surface area contributed by atoms with Crippen molar-refractivity contribution >= 4 is 40.8 Å². The van der Waals surface area contributed by atoms with E-state index in [4.69, 9.17) is 14.1 Å². The molecule has 1 aromatic heterocycles. The van der Waals surface area contributed by atoms with Crippen molar-refractivity contribution < 1.29 is 8.37 Å². The summed E-state index contributed by atoms with van der Waals surface area (Å²) in [5, 5.41) is 10.1. The third-order valence-electron chi connectivity index (χ3n) is 3.55. The van der Waals surface area contributed by atoms with E-state index in [9.17, 15) is 5.26 Å². The summed E-state index contributed by atoms with van der Waals surface area (Å²) in [6, 6.07) is 14.1. The molecule has 7 heteroatoms. The number of rotatable bonds is 5. The van der Waals surface area contributed by atoms with Crippen molar-refractivity contribution in [2.45, 2.75) is 9.79 Å². The molecule has 0 radical (unpaired) electrons. The predicted octanol–water partition coefficient (Wildman–Crippen LogP) is 4.60. The summed E-state index contributed by atoms with van der Waals surface area (Å²) in [5.74, 6) is 0.389. The van der Waals surface area contributed by atoms with Crippen LogP contribution in [-0.4, -0.2) is 19.2 Å². The van der Waals surface area contributed by atoms with Crippen molar-refractivity contribution in [2.75, 3.05) is 20.0 Å². The number of anilines is 1. The van der Waals surface area contributed by atoms with Crippen LogP contribution in [0, 0.1) is 11.3 Å². The van der Waals surface area contributed by atoms with E-state index >= 15 is 0 Å². The van der Waals surface area contributed by atoms with Gasteiger partial charge in [-0.05, 0) is 41.5 Å². The van der Waals surface area contributed by atoms with Gasteiger partial charge in [0.05, 0.1) is 14.2 Å². The lowest BCUT2D eigenvalue weighted by atomic mass is 10.0. The summed E-state index contributed by atoms with van der Waals surface area (Å²) in [6.07, 6.45) is 0. The van der Waals surface area contributed by atoms with E-state index in [0.717, 1.165) is 31.8 Å². The molecule has 0 bridgehead atoms. The lowest BCUT2D eigenvalue weighted by Crippen LogP contribution is -1.86. The van der Waals surface area contributed by atoms with Crippen LogP contribution in [-0.2, 0) is 8.37 Å². The van der Waals surface area contributed by atoms with E-state index in [0.29, 0.717) is 11.4 Å². The minimum Gasteiger partial charge on any atom is -0.384 e.